The van der Waals surface area contributed by atoms with Crippen LogP contribution in [0.2, 0.25) is 0 Å². The molecule has 1 rings (SSSR count). The lowest BCUT2D eigenvalue weighted by molar-refractivity contribution is -0.147. The Balaban J connectivity index is 2.80. The molecular formula is C16H25NO3. The van der Waals surface area contributed by atoms with Crippen molar-refractivity contribution >= 4 is 5.97 Å². The molecule has 0 fully saturated rings. The Morgan fingerprint density at radius 1 is 1.35 bits per heavy atom. The number of hydrogen-bond acceptors (Lipinski definition) is 4. The summed E-state index contributed by atoms with van der Waals surface area (Å²) in [6.07, 6.45) is 2.76. The van der Waals surface area contributed by atoms with Gasteiger partial charge in [-0.25, -0.2) is 0 Å². The third kappa shape index (κ3) is 5.31. The zero-order valence-corrected chi connectivity index (χ0v) is 12.4. The van der Waals surface area contributed by atoms with Crippen molar-refractivity contribution in [2.24, 2.45) is 0 Å². The normalized spacial score (nSPS) is 12.4. The maximum atomic E-state index is 12.0. The molecule has 0 aliphatic carbocycles. The number of hydrogen-bond donors (Lipinski definition) is 1. The smallest absolute Gasteiger partial charge is 0.323 e. The molecule has 1 aromatic carbocycles. The van der Waals surface area contributed by atoms with Crippen molar-refractivity contribution < 1.29 is 14.6 Å². The van der Waals surface area contributed by atoms with Crippen molar-refractivity contribution in [3.8, 4) is 0 Å². The van der Waals surface area contributed by atoms with Crippen LogP contribution >= 0.6 is 0 Å². The largest absolute Gasteiger partial charge is 0.468 e. The van der Waals surface area contributed by atoms with Crippen LogP contribution in [0.5, 0.6) is 0 Å². The van der Waals surface area contributed by atoms with Crippen LogP contribution in [-0.4, -0.2) is 42.3 Å². The summed E-state index contributed by atoms with van der Waals surface area (Å²) >= 11 is 0. The van der Waals surface area contributed by atoms with E-state index in [-0.39, 0.29) is 18.6 Å². The van der Waals surface area contributed by atoms with Crippen LogP contribution in [0.1, 0.15) is 31.7 Å². The number of esters is 1. The number of nitrogens with zero attached hydrogens (tertiary/aromatic N) is 1. The second-order valence-electron chi connectivity index (χ2n) is 4.86. The van der Waals surface area contributed by atoms with Crippen molar-refractivity contribution in [2.75, 3.05) is 20.3 Å². The Labute approximate surface area is 121 Å². The number of carbonyl (C=O) groups excluding carboxylic acids is 1. The second kappa shape index (κ2) is 9.50. The first-order valence-corrected chi connectivity index (χ1v) is 7.19. The first kappa shape index (κ1) is 16.7. The van der Waals surface area contributed by atoms with Crippen molar-refractivity contribution in [3.63, 3.8) is 0 Å². The number of methoxy groups -OCH3 is 1. The molecule has 0 radical (unpaired) electrons. The van der Waals surface area contributed by atoms with E-state index in [1.54, 1.807) is 0 Å². The molecule has 0 heterocycles. The highest BCUT2D eigenvalue weighted by atomic mass is 16.5. The van der Waals surface area contributed by atoms with Gasteiger partial charge in [0.05, 0.1) is 13.7 Å². The first-order valence-electron chi connectivity index (χ1n) is 7.19. The molecule has 0 saturated carbocycles. The van der Waals surface area contributed by atoms with E-state index in [1.807, 2.05) is 35.2 Å². The van der Waals surface area contributed by atoms with Crippen LogP contribution < -0.4 is 0 Å². The highest BCUT2D eigenvalue weighted by molar-refractivity contribution is 5.75. The predicted octanol–water partition coefficient (Wildman–Crippen LogP) is 2.21. The van der Waals surface area contributed by atoms with Gasteiger partial charge in [-0.2, -0.15) is 0 Å². The molecule has 4 heteroatoms. The van der Waals surface area contributed by atoms with Gasteiger partial charge in [0, 0.05) is 13.1 Å². The summed E-state index contributed by atoms with van der Waals surface area (Å²) in [5.74, 6) is -0.220. The van der Waals surface area contributed by atoms with Crippen LogP contribution in [0.15, 0.2) is 30.3 Å². The third-order valence-electron chi connectivity index (χ3n) is 3.36. The fourth-order valence-electron chi connectivity index (χ4n) is 2.27. The summed E-state index contributed by atoms with van der Waals surface area (Å²) in [6, 6.07) is 9.69. The average molecular weight is 279 g/mol. The van der Waals surface area contributed by atoms with Crippen LogP contribution in [0, 0.1) is 0 Å². The van der Waals surface area contributed by atoms with Crippen molar-refractivity contribution in [2.45, 2.75) is 38.8 Å². The van der Waals surface area contributed by atoms with E-state index in [4.69, 9.17) is 4.74 Å². The summed E-state index contributed by atoms with van der Waals surface area (Å²) in [6.45, 7) is 3.25. The van der Waals surface area contributed by atoms with Gasteiger partial charge in [0.25, 0.3) is 0 Å². The first-order chi connectivity index (χ1) is 9.72. The second-order valence-corrected chi connectivity index (χ2v) is 4.86. The molecule has 4 nitrogen and oxygen atoms in total. The summed E-state index contributed by atoms with van der Waals surface area (Å²) < 4.78 is 4.91. The van der Waals surface area contributed by atoms with E-state index in [9.17, 15) is 9.90 Å². The number of benzene rings is 1. The standard InChI is InChI=1S/C16H25NO3/c1-3-4-10-15(16(19)20-2)17(11-12-18)13-14-8-6-5-7-9-14/h5-9,15,18H,3-4,10-13H2,1-2H3. The topological polar surface area (TPSA) is 49.8 Å². The van der Waals surface area contributed by atoms with Gasteiger partial charge in [-0.05, 0) is 12.0 Å². The van der Waals surface area contributed by atoms with E-state index in [0.29, 0.717) is 13.1 Å². The minimum absolute atomic E-state index is 0.0342. The lowest BCUT2D eigenvalue weighted by atomic mass is 10.1. The number of rotatable bonds is 9. The highest BCUT2D eigenvalue weighted by Gasteiger charge is 2.25. The molecule has 112 valence electrons. The van der Waals surface area contributed by atoms with Crippen LogP contribution in [-0.2, 0) is 16.1 Å². The van der Waals surface area contributed by atoms with Gasteiger partial charge in [-0.1, -0.05) is 50.1 Å². The SMILES string of the molecule is CCCCC(C(=O)OC)N(CCO)Cc1ccccc1. The molecule has 1 unspecified atom stereocenters. The molecule has 0 saturated heterocycles. The third-order valence-corrected chi connectivity index (χ3v) is 3.36. The molecule has 0 spiro atoms. The van der Waals surface area contributed by atoms with Crippen molar-refractivity contribution in [3.05, 3.63) is 35.9 Å². The Hall–Kier alpha value is -1.39. The van der Waals surface area contributed by atoms with E-state index < -0.39 is 0 Å². The predicted molar refractivity (Wildman–Crippen MR) is 79.3 cm³/mol. The molecule has 1 N–H and O–H groups in total. The zero-order valence-electron chi connectivity index (χ0n) is 12.4. The van der Waals surface area contributed by atoms with E-state index >= 15 is 0 Å². The Kier molecular flexibility index (Phi) is 7.92. The fourth-order valence-corrected chi connectivity index (χ4v) is 2.27. The van der Waals surface area contributed by atoms with Gasteiger partial charge < -0.3 is 9.84 Å². The van der Waals surface area contributed by atoms with Crippen molar-refractivity contribution in [1.29, 1.82) is 0 Å². The minimum Gasteiger partial charge on any atom is -0.468 e. The molecule has 1 aromatic rings. The Bertz CT molecular complexity index is 381. The quantitative estimate of drug-likeness (QED) is 0.704. The maximum Gasteiger partial charge on any atom is 0.323 e. The monoisotopic (exact) mass is 279 g/mol. The van der Waals surface area contributed by atoms with E-state index in [1.165, 1.54) is 7.11 Å². The molecule has 0 aromatic heterocycles. The van der Waals surface area contributed by atoms with E-state index in [2.05, 4.69) is 6.92 Å². The zero-order chi connectivity index (χ0) is 14.8. The van der Waals surface area contributed by atoms with Crippen LogP contribution in [0.4, 0.5) is 0 Å². The van der Waals surface area contributed by atoms with Crippen molar-refractivity contribution in [1.82, 2.24) is 4.90 Å². The Morgan fingerprint density at radius 2 is 2.05 bits per heavy atom. The molecular weight excluding hydrogens is 254 g/mol. The highest BCUT2D eigenvalue weighted by Crippen LogP contribution is 2.14. The summed E-state index contributed by atoms with van der Waals surface area (Å²) in [5, 5.41) is 9.25. The van der Waals surface area contributed by atoms with Gasteiger partial charge in [0.15, 0.2) is 0 Å². The van der Waals surface area contributed by atoms with Gasteiger partial charge in [0.1, 0.15) is 6.04 Å². The molecule has 0 amide bonds. The summed E-state index contributed by atoms with van der Waals surface area (Å²) in [4.78, 5) is 14.0. The number of aliphatic hydroxyl groups excluding tert-OH is 1. The van der Waals surface area contributed by atoms with Gasteiger partial charge in [-0.15, -0.1) is 0 Å². The number of ether oxygens (including phenoxy) is 1. The van der Waals surface area contributed by atoms with Crippen LogP contribution in [0.3, 0.4) is 0 Å². The minimum atomic E-state index is -0.285. The summed E-state index contributed by atoms with van der Waals surface area (Å²) in [5.41, 5.74) is 1.13. The lowest BCUT2D eigenvalue weighted by Crippen LogP contribution is -2.43. The average Bonchev–Trinajstić information content (AvgIpc) is 2.48. The molecule has 20 heavy (non-hydrogen) atoms. The maximum absolute atomic E-state index is 12.0. The molecule has 0 aliphatic rings. The lowest BCUT2D eigenvalue weighted by Gasteiger charge is -2.29. The van der Waals surface area contributed by atoms with Crippen LogP contribution in [0.25, 0.3) is 0 Å². The summed E-state index contributed by atoms with van der Waals surface area (Å²) in [7, 11) is 1.42. The van der Waals surface area contributed by atoms with Gasteiger partial charge >= 0.3 is 5.97 Å². The molecule has 1 atom stereocenters. The fraction of sp³-hybridized carbons (Fsp3) is 0.562. The van der Waals surface area contributed by atoms with Gasteiger partial charge in [-0.3, -0.25) is 9.69 Å². The Morgan fingerprint density at radius 3 is 2.60 bits per heavy atom. The number of aliphatic hydroxyl groups is 1. The molecule has 0 aliphatic heterocycles. The van der Waals surface area contributed by atoms with Gasteiger partial charge in [0.2, 0.25) is 0 Å². The van der Waals surface area contributed by atoms with E-state index in [0.717, 1.165) is 24.8 Å². The number of unbranched alkanes of at least 4 members (excludes halogenated alkanes) is 1. The number of carbonyl (C=O) groups is 1. The molecule has 0 bridgehead atoms.